The molecule has 4 amide bonds. The van der Waals surface area contributed by atoms with Gasteiger partial charge in [-0.2, -0.15) is 0 Å². The van der Waals surface area contributed by atoms with E-state index in [1.54, 1.807) is 14.1 Å². The molecule has 8 nitrogen and oxygen atoms in total. The lowest BCUT2D eigenvalue weighted by molar-refractivity contribution is -0.117. The molecule has 2 aromatic rings. The number of fused-ring (bicyclic) bond motifs is 2. The molecule has 0 aromatic carbocycles. The molecule has 0 fully saturated rings. The smallest absolute Gasteiger partial charge is 0.254 e. The highest BCUT2D eigenvalue weighted by atomic mass is 32.1. The molecule has 0 radical (unpaired) electrons. The Balaban J connectivity index is 1.14. The van der Waals surface area contributed by atoms with Crippen molar-refractivity contribution in [3.63, 3.8) is 0 Å². The number of anilines is 2. The first kappa shape index (κ1) is 27.3. The summed E-state index contributed by atoms with van der Waals surface area (Å²) in [6, 6.07) is 0. The summed E-state index contributed by atoms with van der Waals surface area (Å²) < 4.78 is 0. The second-order valence-electron chi connectivity index (χ2n) is 9.65. The van der Waals surface area contributed by atoms with E-state index in [2.05, 4.69) is 21.3 Å². The summed E-state index contributed by atoms with van der Waals surface area (Å²) in [4.78, 5) is 52.1. The summed E-state index contributed by atoms with van der Waals surface area (Å²) in [5.74, 6) is -0.378. The molecule has 0 unspecified atom stereocenters. The van der Waals surface area contributed by atoms with E-state index in [-0.39, 0.29) is 23.6 Å². The molecule has 0 aliphatic heterocycles. The minimum Gasteiger partial charge on any atom is -0.355 e. The number of nitrogens with one attached hydrogen (secondary N) is 4. The lowest BCUT2D eigenvalue weighted by atomic mass is 10.1. The normalized spacial score (nSPS) is 13.7. The number of carbonyl (C=O) groups is 4. The van der Waals surface area contributed by atoms with Crippen LogP contribution in [-0.2, 0) is 35.3 Å². The maximum absolute atomic E-state index is 12.5. The molecule has 4 rings (SSSR count). The zero-order valence-electron chi connectivity index (χ0n) is 21.6. The fourth-order valence-electron chi connectivity index (χ4n) is 5.19. The van der Waals surface area contributed by atoms with Crippen LogP contribution in [0.25, 0.3) is 0 Å². The van der Waals surface area contributed by atoms with E-state index < -0.39 is 0 Å². The average molecular weight is 545 g/mol. The van der Waals surface area contributed by atoms with Crippen LogP contribution in [0.1, 0.15) is 99.4 Å². The minimum absolute atomic E-state index is 0.0563. The first-order valence-electron chi connectivity index (χ1n) is 13.3. The Morgan fingerprint density at radius 2 is 1.03 bits per heavy atom. The quantitative estimate of drug-likeness (QED) is 0.287. The van der Waals surface area contributed by atoms with Crippen LogP contribution in [0.5, 0.6) is 0 Å². The summed E-state index contributed by atoms with van der Waals surface area (Å²) in [5, 5.41) is 12.7. The number of aryl methyl sites for hydroxylation is 2. The molecular formula is C27H36N4O4S2. The van der Waals surface area contributed by atoms with Gasteiger partial charge in [0.05, 0.1) is 11.1 Å². The van der Waals surface area contributed by atoms with E-state index >= 15 is 0 Å². The Morgan fingerprint density at radius 3 is 1.43 bits per heavy atom. The summed E-state index contributed by atoms with van der Waals surface area (Å²) >= 11 is 3.06. The van der Waals surface area contributed by atoms with Crippen LogP contribution in [0.15, 0.2) is 0 Å². The van der Waals surface area contributed by atoms with Crippen LogP contribution in [-0.4, -0.2) is 37.7 Å². The molecule has 0 bridgehead atoms. The summed E-state index contributed by atoms with van der Waals surface area (Å²) in [7, 11) is 3.23. The van der Waals surface area contributed by atoms with Crippen molar-refractivity contribution in [2.75, 3.05) is 24.7 Å². The molecule has 2 aliphatic rings. The second-order valence-corrected chi connectivity index (χ2v) is 11.9. The third kappa shape index (κ3) is 6.41. The third-order valence-corrected chi connectivity index (χ3v) is 9.48. The van der Waals surface area contributed by atoms with Crippen LogP contribution >= 0.6 is 22.7 Å². The van der Waals surface area contributed by atoms with E-state index in [0.29, 0.717) is 34.0 Å². The van der Waals surface area contributed by atoms with E-state index in [0.717, 1.165) is 81.8 Å². The molecule has 0 atom stereocenters. The number of amides is 4. The van der Waals surface area contributed by atoms with Gasteiger partial charge in [0.2, 0.25) is 11.8 Å². The van der Waals surface area contributed by atoms with Gasteiger partial charge in [-0.15, -0.1) is 22.7 Å². The van der Waals surface area contributed by atoms with Gasteiger partial charge in [-0.05, 0) is 62.5 Å². The Bertz CT molecular complexity index is 1090. The second kappa shape index (κ2) is 12.7. The molecular weight excluding hydrogens is 508 g/mol. The summed E-state index contributed by atoms with van der Waals surface area (Å²) in [5.41, 5.74) is 3.47. The van der Waals surface area contributed by atoms with E-state index in [4.69, 9.17) is 0 Å². The van der Waals surface area contributed by atoms with Crippen molar-refractivity contribution < 1.29 is 19.2 Å². The predicted molar refractivity (Wildman–Crippen MR) is 149 cm³/mol. The lowest BCUT2D eigenvalue weighted by Crippen LogP contribution is -2.21. The number of hydrogen-bond acceptors (Lipinski definition) is 6. The molecule has 2 aliphatic carbocycles. The van der Waals surface area contributed by atoms with Gasteiger partial charge in [0, 0.05) is 36.7 Å². The van der Waals surface area contributed by atoms with Gasteiger partial charge in [-0.3, -0.25) is 19.2 Å². The SMILES string of the molecule is CNC(=O)c1c(NC(=O)CCCCCCCC(=O)Nc2sc3c(c2C(=O)NC)CCC3)sc2c1CCC2. The molecule has 2 aromatic heterocycles. The molecule has 0 saturated carbocycles. The maximum Gasteiger partial charge on any atom is 0.254 e. The van der Waals surface area contributed by atoms with Gasteiger partial charge < -0.3 is 21.3 Å². The van der Waals surface area contributed by atoms with E-state index in [1.807, 2.05) is 0 Å². The number of unbranched alkanes of at least 4 members (excludes halogenated alkanes) is 4. The Morgan fingerprint density at radius 1 is 0.622 bits per heavy atom. The average Bonchev–Trinajstić information content (AvgIpc) is 3.64. The van der Waals surface area contributed by atoms with Gasteiger partial charge in [0.15, 0.2) is 0 Å². The minimum atomic E-state index is -0.133. The number of hydrogen-bond donors (Lipinski definition) is 4. The standard InChI is InChI=1S/C27H36N4O4S2/c1-28-24(34)22-16-10-8-12-18(16)36-26(22)30-20(32)14-6-4-3-5-7-15-21(33)31-27-23(25(35)29-2)17-11-9-13-19(17)37-27/h3-15H2,1-2H3,(H,28,34)(H,29,35)(H,30,32)(H,31,33). The van der Waals surface area contributed by atoms with Crippen LogP contribution in [0.2, 0.25) is 0 Å². The van der Waals surface area contributed by atoms with E-state index in [9.17, 15) is 19.2 Å². The van der Waals surface area contributed by atoms with Crippen LogP contribution in [0.3, 0.4) is 0 Å². The molecule has 2 heterocycles. The van der Waals surface area contributed by atoms with Crippen molar-refractivity contribution in [2.24, 2.45) is 0 Å². The zero-order chi connectivity index (χ0) is 26.4. The Labute approximate surface area is 226 Å². The van der Waals surface area contributed by atoms with Gasteiger partial charge in [-0.1, -0.05) is 19.3 Å². The Hall–Kier alpha value is -2.72. The highest BCUT2D eigenvalue weighted by Crippen LogP contribution is 2.40. The number of rotatable bonds is 12. The monoisotopic (exact) mass is 544 g/mol. The van der Waals surface area contributed by atoms with Crippen molar-refractivity contribution in [3.8, 4) is 0 Å². The van der Waals surface area contributed by atoms with Crippen molar-refractivity contribution in [2.45, 2.75) is 83.5 Å². The summed E-state index contributed by atoms with van der Waals surface area (Å²) in [6.45, 7) is 0. The zero-order valence-corrected chi connectivity index (χ0v) is 23.3. The number of thiophene rings is 2. The Kier molecular flexibility index (Phi) is 9.37. The first-order valence-corrected chi connectivity index (χ1v) is 14.9. The highest BCUT2D eigenvalue weighted by molar-refractivity contribution is 7.17. The molecule has 4 N–H and O–H groups in total. The highest BCUT2D eigenvalue weighted by Gasteiger charge is 2.28. The van der Waals surface area contributed by atoms with Crippen LogP contribution < -0.4 is 21.3 Å². The lowest BCUT2D eigenvalue weighted by Gasteiger charge is -2.08. The van der Waals surface area contributed by atoms with Gasteiger partial charge in [0.1, 0.15) is 10.0 Å². The van der Waals surface area contributed by atoms with Crippen molar-refractivity contribution in [1.82, 2.24) is 10.6 Å². The van der Waals surface area contributed by atoms with E-state index in [1.165, 1.54) is 32.4 Å². The molecule has 200 valence electrons. The molecule has 10 heteroatoms. The first-order chi connectivity index (χ1) is 17.9. The third-order valence-electron chi connectivity index (χ3n) is 7.06. The molecule has 0 spiro atoms. The maximum atomic E-state index is 12.5. The van der Waals surface area contributed by atoms with Gasteiger partial charge in [-0.25, -0.2) is 0 Å². The summed E-state index contributed by atoms with van der Waals surface area (Å²) in [6.07, 6.45) is 11.0. The van der Waals surface area contributed by atoms with Crippen molar-refractivity contribution in [3.05, 3.63) is 32.0 Å². The fourth-order valence-corrected chi connectivity index (χ4v) is 7.80. The van der Waals surface area contributed by atoms with Crippen LogP contribution in [0.4, 0.5) is 10.0 Å². The fraction of sp³-hybridized carbons (Fsp3) is 0.556. The molecule has 0 saturated heterocycles. The van der Waals surface area contributed by atoms with Crippen LogP contribution in [0, 0.1) is 0 Å². The predicted octanol–water partition coefficient (Wildman–Crippen LogP) is 4.81. The topological polar surface area (TPSA) is 116 Å². The largest absolute Gasteiger partial charge is 0.355 e. The molecule has 37 heavy (non-hydrogen) atoms. The van der Waals surface area contributed by atoms with Crippen molar-refractivity contribution >= 4 is 56.3 Å². The number of carbonyl (C=O) groups excluding carboxylic acids is 4. The van der Waals surface area contributed by atoms with Crippen molar-refractivity contribution in [1.29, 1.82) is 0 Å². The van der Waals surface area contributed by atoms with Gasteiger partial charge in [0.25, 0.3) is 11.8 Å². The van der Waals surface area contributed by atoms with Gasteiger partial charge >= 0.3 is 0 Å².